The molecule has 1 aromatic heterocycles. The van der Waals surface area contributed by atoms with Crippen molar-refractivity contribution in [3.8, 4) is 0 Å². The fraction of sp³-hybridized carbons (Fsp3) is 0.280. The number of nitrogens with zero attached hydrogens (tertiary/aromatic N) is 4. The first-order valence-corrected chi connectivity index (χ1v) is 11.1. The molecule has 1 atom stereocenters. The lowest BCUT2D eigenvalue weighted by molar-refractivity contribution is -0.117. The number of carbonyl (C=O) groups is 3. The van der Waals surface area contributed by atoms with Crippen LogP contribution in [0.1, 0.15) is 42.1 Å². The highest BCUT2D eigenvalue weighted by atomic mass is 16.2. The minimum Gasteiger partial charge on any atom is -0.323 e. The number of hydrogen-bond acceptors (Lipinski definition) is 4. The molecule has 0 spiro atoms. The SMILES string of the molecule is CC12CCC(=O)N1c1ccccc1C(=O)N2CCC(=O)Nc1cnn(Cc2ccccc2)c1. The Labute approximate surface area is 191 Å². The lowest BCUT2D eigenvalue weighted by atomic mass is 9.98. The van der Waals surface area contributed by atoms with Crippen LogP contribution in [0.4, 0.5) is 11.4 Å². The van der Waals surface area contributed by atoms with Gasteiger partial charge in [-0.2, -0.15) is 5.10 Å². The Balaban J connectivity index is 1.26. The van der Waals surface area contributed by atoms with E-state index in [1.807, 2.05) is 49.4 Å². The number of hydrogen-bond donors (Lipinski definition) is 1. The van der Waals surface area contributed by atoms with Crippen molar-refractivity contribution in [1.29, 1.82) is 0 Å². The molecule has 0 radical (unpaired) electrons. The predicted molar refractivity (Wildman–Crippen MR) is 124 cm³/mol. The summed E-state index contributed by atoms with van der Waals surface area (Å²) in [6.45, 7) is 2.73. The Kier molecular flexibility index (Phi) is 5.20. The predicted octanol–water partition coefficient (Wildman–Crippen LogP) is 3.26. The molecule has 1 saturated heterocycles. The maximum atomic E-state index is 13.3. The van der Waals surface area contributed by atoms with E-state index in [1.54, 1.807) is 39.0 Å². The second kappa shape index (κ2) is 8.20. The summed E-state index contributed by atoms with van der Waals surface area (Å²) in [7, 11) is 0. The van der Waals surface area contributed by atoms with E-state index in [1.165, 1.54) is 0 Å². The van der Waals surface area contributed by atoms with E-state index < -0.39 is 5.66 Å². The van der Waals surface area contributed by atoms with Gasteiger partial charge in [-0.25, -0.2) is 0 Å². The first-order valence-electron chi connectivity index (χ1n) is 11.1. The van der Waals surface area contributed by atoms with Crippen LogP contribution in [0.5, 0.6) is 0 Å². The van der Waals surface area contributed by atoms with Crippen LogP contribution in [-0.2, 0) is 16.1 Å². The van der Waals surface area contributed by atoms with Crippen LogP contribution in [0, 0.1) is 0 Å². The Bertz CT molecular complexity index is 1220. The van der Waals surface area contributed by atoms with Gasteiger partial charge in [-0.1, -0.05) is 42.5 Å². The second-order valence-corrected chi connectivity index (χ2v) is 8.63. The molecule has 3 aromatic rings. The Morgan fingerprint density at radius 1 is 1.09 bits per heavy atom. The van der Waals surface area contributed by atoms with E-state index in [0.29, 0.717) is 36.3 Å². The van der Waals surface area contributed by atoms with Gasteiger partial charge >= 0.3 is 0 Å². The van der Waals surface area contributed by atoms with Crippen molar-refractivity contribution in [2.75, 3.05) is 16.8 Å². The summed E-state index contributed by atoms with van der Waals surface area (Å²) in [4.78, 5) is 42.0. The Hall–Kier alpha value is -3.94. The summed E-state index contributed by atoms with van der Waals surface area (Å²) >= 11 is 0. The van der Waals surface area contributed by atoms with Gasteiger partial charge in [0.15, 0.2) is 0 Å². The largest absolute Gasteiger partial charge is 0.323 e. The van der Waals surface area contributed by atoms with Gasteiger partial charge in [-0.05, 0) is 31.0 Å². The van der Waals surface area contributed by atoms with Crippen LogP contribution in [0.2, 0.25) is 0 Å². The molecule has 0 aliphatic carbocycles. The molecule has 1 N–H and O–H groups in total. The van der Waals surface area contributed by atoms with Crippen molar-refractivity contribution in [3.05, 3.63) is 78.1 Å². The van der Waals surface area contributed by atoms with E-state index in [9.17, 15) is 14.4 Å². The number of para-hydroxylation sites is 1. The summed E-state index contributed by atoms with van der Waals surface area (Å²) in [6, 6.07) is 17.1. The molecule has 33 heavy (non-hydrogen) atoms. The van der Waals surface area contributed by atoms with Gasteiger partial charge in [0.25, 0.3) is 5.91 Å². The molecule has 0 saturated carbocycles. The summed E-state index contributed by atoms with van der Waals surface area (Å²) in [5.74, 6) is -0.361. The molecule has 1 unspecified atom stereocenters. The van der Waals surface area contributed by atoms with Crippen LogP contribution in [-0.4, -0.2) is 44.6 Å². The van der Waals surface area contributed by atoms with Gasteiger partial charge in [0.2, 0.25) is 11.8 Å². The topological polar surface area (TPSA) is 87.5 Å². The van der Waals surface area contributed by atoms with E-state index >= 15 is 0 Å². The van der Waals surface area contributed by atoms with E-state index in [2.05, 4.69) is 10.4 Å². The summed E-state index contributed by atoms with van der Waals surface area (Å²) < 4.78 is 1.76. The number of carbonyl (C=O) groups excluding carboxylic acids is 3. The van der Waals surface area contributed by atoms with Crippen molar-refractivity contribution < 1.29 is 14.4 Å². The van der Waals surface area contributed by atoms with Gasteiger partial charge in [-0.15, -0.1) is 0 Å². The lowest BCUT2D eigenvalue weighted by Gasteiger charge is -2.48. The van der Waals surface area contributed by atoms with Crippen LogP contribution >= 0.6 is 0 Å². The molecule has 168 valence electrons. The molecule has 2 aromatic carbocycles. The fourth-order valence-corrected chi connectivity index (χ4v) is 4.76. The van der Waals surface area contributed by atoms with Crippen LogP contribution in [0.3, 0.4) is 0 Å². The zero-order chi connectivity index (χ0) is 23.0. The zero-order valence-electron chi connectivity index (χ0n) is 18.4. The van der Waals surface area contributed by atoms with Crippen LogP contribution in [0.25, 0.3) is 0 Å². The standard InChI is InChI=1S/C25H25N5O3/c1-25-13-11-23(32)30(25)21-10-6-5-9-20(21)24(33)29(25)14-12-22(31)27-19-15-26-28(17-19)16-18-7-3-2-4-8-18/h2-10,15,17H,11-14,16H2,1H3,(H,27,31). The maximum Gasteiger partial charge on any atom is 0.257 e. The van der Waals surface area contributed by atoms with Gasteiger partial charge in [0.05, 0.1) is 29.7 Å². The highest BCUT2D eigenvalue weighted by Gasteiger charge is 2.52. The van der Waals surface area contributed by atoms with E-state index in [0.717, 1.165) is 5.56 Å². The lowest BCUT2D eigenvalue weighted by Crippen LogP contribution is -2.62. The number of rotatable bonds is 6. The average Bonchev–Trinajstić information content (AvgIpc) is 3.37. The van der Waals surface area contributed by atoms with Gasteiger partial charge in [-0.3, -0.25) is 24.0 Å². The molecule has 8 nitrogen and oxygen atoms in total. The van der Waals surface area contributed by atoms with Crippen molar-refractivity contribution in [1.82, 2.24) is 14.7 Å². The molecule has 2 aliphatic rings. The number of anilines is 2. The normalized spacial score (nSPS) is 19.4. The monoisotopic (exact) mass is 443 g/mol. The summed E-state index contributed by atoms with van der Waals surface area (Å²) in [5.41, 5.74) is 2.11. The smallest absolute Gasteiger partial charge is 0.257 e. The summed E-state index contributed by atoms with van der Waals surface area (Å²) in [5, 5.41) is 7.17. The Morgan fingerprint density at radius 2 is 1.85 bits per heavy atom. The van der Waals surface area contributed by atoms with Gasteiger partial charge in [0.1, 0.15) is 5.66 Å². The number of amides is 3. The summed E-state index contributed by atoms with van der Waals surface area (Å²) in [6.07, 6.45) is 4.43. The zero-order valence-corrected chi connectivity index (χ0v) is 18.4. The molecule has 0 bridgehead atoms. The molecule has 3 heterocycles. The first kappa shape index (κ1) is 20.9. The minimum atomic E-state index is -0.761. The van der Waals surface area contributed by atoms with Gasteiger partial charge in [0, 0.05) is 25.6 Å². The molecule has 2 aliphatic heterocycles. The highest BCUT2D eigenvalue weighted by Crippen LogP contribution is 2.43. The molecular weight excluding hydrogens is 418 g/mol. The third kappa shape index (κ3) is 3.77. The minimum absolute atomic E-state index is 0.00210. The average molecular weight is 444 g/mol. The van der Waals surface area contributed by atoms with Crippen LogP contribution < -0.4 is 10.2 Å². The molecule has 1 fully saturated rings. The maximum absolute atomic E-state index is 13.3. The van der Waals surface area contributed by atoms with Crippen molar-refractivity contribution in [2.45, 2.75) is 38.4 Å². The number of fused-ring (bicyclic) bond motifs is 3. The molecular formula is C25H25N5O3. The van der Waals surface area contributed by atoms with Gasteiger partial charge < -0.3 is 10.2 Å². The first-order chi connectivity index (χ1) is 16.0. The second-order valence-electron chi connectivity index (χ2n) is 8.63. The quantitative estimate of drug-likeness (QED) is 0.634. The van der Waals surface area contributed by atoms with Crippen LogP contribution in [0.15, 0.2) is 67.0 Å². The number of aromatic nitrogens is 2. The van der Waals surface area contributed by atoms with Crippen molar-refractivity contribution in [3.63, 3.8) is 0 Å². The third-order valence-electron chi connectivity index (χ3n) is 6.41. The molecule has 8 heteroatoms. The van der Waals surface area contributed by atoms with Crippen molar-refractivity contribution >= 4 is 29.1 Å². The fourth-order valence-electron chi connectivity index (χ4n) is 4.76. The third-order valence-corrected chi connectivity index (χ3v) is 6.41. The van der Waals surface area contributed by atoms with Crippen molar-refractivity contribution in [2.24, 2.45) is 0 Å². The molecule has 5 rings (SSSR count). The van der Waals surface area contributed by atoms with E-state index in [4.69, 9.17) is 0 Å². The molecule has 3 amide bonds. The number of benzene rings is 2. The Morgan fingerprint density at radius 3 is 2.67 bits per heavy atom. The number of nitrogens with one attached hydrogen (secondary N) is 1. The van der Waals surface area contributed by atoms with E-state index in [-0.39, 0.29) is 30.7 Å². The highest BCUT2D eigenvalue weighted by molar-refractivity contribution is 6.10.